The van der Waals surface area contributed by atoms with Crippen molar-refractivity contribution in [3.63, 3.8) is 0 Å². The van der Waals surface area contributed by atoms with Gasteiger partial charge in [0.1, 0.15) is 5.02 Å². The number of aromatic nitrogens is 2. The molecule has 3 aromatic rings. The van der Waals surface area contributed by atoms with Crippen molar-refractivity contribution >= 4 is 29.1 Å². The molecule has 3 rings (SSSR count). The zero-order valence-corrected chi connectivity index (χ0v) is 14.3. The van der Waals surface area contributed by atoms with Gasteiger partial charge in [0.25, 0.3) is 5.69 Å². The van der Waals surface area contributed by atoms with Crippen LogP contribution in [-0.4, -0.2) is 20.5 Å². The van der Waals surface area contributed by atoms with E-state index in [0.717, 1.165) is 11.1 Å². The molecular weight excluding hydrogens is 354 g/mol. The summed E-state index contributed by atoms with van der Waals surface area (Å²) in [5.74, 6) is -0.347. The third-order valence-electron chi connectivity index (χ3n) is 3.70. The molecule has 1 heterocycles. The van der Waals surface area contributed by atoms with Crippen molar-refractivity contribution in [1.29, 1.82) is 0 Å². The molecule has 1 aromatic heterocycles. The molecule has 7 heteroatoms. The number of ketones is 1. The molecule has 26 heavy (non-hydrogen) atoms. The van der Waals surface area contributed by atoms with Crippen LogP contribution in [0.1, 0.15) is 21.5 Å². The highest BCUT2D eigenvalue weighted by Gasteiger charge is 2.15. The Bertz CT molecular complexity index is 981. The van der Waals surface area contributed by atoms with Crippen molar-refractivity contribution in [3.05, 3.63) is 98.8 Å². The van der Waals surface area contributed by atoms with Crippen molar-refractivity contribution in [2.75, 3.05) is 0 Å². The minimum Gasteiger partial charge on any atom is -0.289 e. The van der Waals surface area contributed by atoms with Gasteiger partial charge in [-0.05, 0) is 29.8 Å². The summed E-state index contributed by atoms with van der Waals surface area (Å²) in [6, 6.07) is 13.9. The Hall–Kier alpha value is -3.25. The highest BCUT2D eigenvalue weighted by Crippen LogP contribution is 2.25. The van der Waals surface area contributed by atoms with Gasteiger partial charge in [-0.15, -0.1) is 0 Å². The fourth-order valence-electron chi connectivity index (χ4n) is 2.40. The van der Waals surface area contributed by atoms with Gasteiger partial charge in [0.05, 0.1) is 17.7 Å². The number of carbonyl (C=O) groups excluding carboxylic acids is 1. The molecule has 0 aliphatic heterocycles. The molecule has 0 saturated carbocycles. The molecule has 0 aliphatic carbocycles. The number of nitro groups is 1. The summed E-state index contributed by atoms with van der Waals surface area (Å²) in [5.41, 5.74) is 1.80. The lowest BCUT2D eigenvalue weighted by Crippen LogP contribution is -1.99. The van der Waals surface area contributed by atoms with E-state index in [2.05, 4.69) is 5.10 Å². The first kappa shape index (κ1) is 17.6. The van der Waals surface area contributed by atoms with Crippen molar-refractivity contribution in [2.45, 2.75) is 6.54 Å². The zero-order chi connectivity index (χ0) is 18.5. The van der Waals surface area contributed by atoms with E-state index in [1.165, 1.54) is 24.3 Å². The number of hydrogen-bond donors (Lipinski definition) is 0. The predicted octanol–water partition coefficient (Wildman–Crippen LogP) is 4.39. The lowest BCUT2D eigenvalue weighted by molar-refractivity contribution is -0.384. The third-order valence-corrected chi connectivity index (χ3v) is 4.01. The van der Waals surface area contributed by atoms with Gasteiger partial charge in [0.2, 0.25) is 0 Å². The number of hydrogen-bond acceptors (Lipinski definition) is 4. The summed E-state index contributed by atoms with van der Waals surface area (Å²) < 4.78 is 1.77. The maximum atomic E-state index is 12.2. The van der Waals surface area contributed by atoms with E-state index in [4.69, 9.17) is 11.6 Å². The summed E-state index contributed by atoms with van der Waals surface area (Å²) in [7, 11) is 0. The van der Waals surface area contributed by atoms with Gasteiger partial charge in [-0.25, -0.2) is 0 Å². The maximum absolute atomic E-state index is 12.2. The Labute approximate surface area is 154 Å². The Morgan fingerprint density at radius 1 is 1.23 bits per heavy atom. The van der Waals surface area contributed by atoms with Crippen LogP contribution in [0.15, 0.2) is 67.0 Å². The molecule has 0 N–H and O–H groups in total. The fourth-order valence-corrected chi connectivity index (χ4v) is 2.58. The highest BCUT2D eigenvalue weighted by atomic mass is 35.5. The molecule has 0 bridgehead atoms. The number of rotatable bonds is 6. The summed E-state index contributed by atoms with van der Waals surface area (Å²) in [5, 5.41) is 15.2. The van der Waals surface area contributed by atoms with E-state index >= 15 is 0 Å². The van der Waals surface area contributed by atoms with E-state index in [1.807, 2.05) is 36.5 Å². The summed E-state index contributed by atoms with van der Waals surface area (Å²) in [6.07, 6.45) is 6.45. The van der Waals surface area contributed by atoms with Crippen molar-refractivity contribution in [3.8, 4) is 0 Å². The van der Waals surface area contributed by atoms with E-state index in [0.29, 0.717) is 6.54 Å². The Kier molecular flexibility index (Phi) is 5.24. The Morgan fingerprint density at radius 2 is 2.00 bits per heavy atom. The van der Waals surface area contributed by atoms with E-state index < -0.39 is 4.92 Å². The molecule has 0 radical (unpaired) electrons. The van der Waals surface area contributed by atoms with Gasteiger partial charge in [-0.3, -0.25) is 19.6 Å². The first-order chi connectivity index (χ1) is 12.5. The van der Waals surface area contributed by atoms with Crippen LogP contribution in [0.25, 0.3) is 6.08 Å². The average molecular weight is 368 g/mol. The monoisotopic (exact) mass is 367 g/mol. The first-order valence-electron chi connectivity index (χ1n) is 7.75. The third kappa shape index (κ3) is 4.23. The van der Waals surface area contributed by atoms with E-state index in [-0.39, 0.29) is 22.1 Å². The van der Waals surface area contributed by atoms with Crippen molar-refractivity contribution in [1.82, 2.24) is 9.78 Å². The van der Waals surface area contributed by atoms with E-state index in [1.54, 1.807) is 17.0 Å². The van der Waals surface area contributed by atoms with Gasteiger partial charge in [-0.1, -0.05) is 41.9 Å². The van der Waals surface area contributed by atoms with Gasteiger partial charge < -0.3 is 0 Å². The molecule has 0 saturated heterocycles. The maximum Gasteiger partial charge on any atom is 0.288 e. The lowest BCUT2D eigenvalue weighted by atomic mass is 10.1. The molecule has 0 atom stereocenters. The molecule has 6 nitrogen and oxygen atoms in total. The van der Waals surface area contributed by atoms with Crippen LogP contribution in [0, 0.1) is 10.1 Å². The first-order valence-corrected chi connectivity index (χ1v) is 8.13. The molecule has 0 fully saturated rings. The quantitative estimate of drug-likeness (QED) is 0.280. The molecule has 0 amide bonds. The van der Waals surface area contributed by atoms with Gasteiger partial charge in [0.15, 0.2) is 5.78 Å². The van der Waals surface area contributed by atoms with Crippen LogP contribution in [0.3, 0.4) is 0 Å². The van der Waals surface area contributed by atoms with Crippen LogP contribution < -0.4 is 0 Å². The van der Waals surface area contributed by atoms with Crippen LogP contribution in [0.4, 0.5) is 5.69 Å². The minimum atomic E-state index is -0.615. The smallest absolute Gasteiger partial charge is 0.288 e. The van der Waals surface area contributed by atoms with Gasteiger partial charge in [-0.2, -0.15) is 5.10 Å². The molecule has 2 aromatic carbocycles. The summed E-state index contributed by atoms with van der Waals surface area (Å²) in [4.78, 5) is 22.5. The normalized spacial score (nSPS) is 11.0. The highest BCUT2D eigenvalue weighted by molar-refractivity contribution is 6.32. The minimum absolute atomic E-state index is 0.00211. The van der Waals surface area contributed by atoms with Crippen LogP contribution in [0.2, 0.25) is 5.02 Å². The predicted molar refractivity (Wildman–Crippen MR) is 99.2 cm³/mol. The molecule has 0 aliphatic rings. The Balaban J connectivity index is 1.71. The SMILES string of the molecule is O=C(/C=C/c1cnn(Cc2ccccc2)c1)c1ccc(Cl)c([N+](=O)[O-])c1. The molecule has 130 valence electrons. The summed E-state index contributed by atoms with van der Waals surface area (Å²) in [6.45, 7) is 0.631. The number of nitro benzene ring substituents is 1. The second kappa shape index (κ2) is 7.76. The van der Waals surface area contributed by atoms with Crippen LogP contribution >= 0.6 is 11.6 Å². The van der Waals surface area contributed by atoms with Crippen LogP contribution in [-0.2, 0) is 6.54 Å². The molecule has 0 unspecified atom stereocenters. The number of halogens is 1. The second-order valence-electron chi connectivity index (χ2n) is 5.58. The number of nitrogens with zero attached hydrogens (tertiary/aromatic N) is 3. The lowest BCUT2D eigenvalue weighted by Gasteiger charge is -2.00. The summed E-state index contributed by atoms with van der Waals surface area (Å²) >= 11 is 5.76. The number of allylic oxidation sites excluding steroid dienone is 1. The van der Waals surface area contributed by atoms with Crippen molar-refractivity contribution in [2.24, 2.45) is 0 Å². The average Bonchev–Trinajstić information content (AvgIpc) is 3.08. The van der Waals surface area contributed by atoms with Gasteiger partial charge >= 0.3 is 0 Å². The topological polar surface area (TPSA) is 78.0 Å². The molecular formula is C19H14ClN3O3. The Morgan fingerprint density at radius 3 is 2.73 bits per heavy atom. The van der Waals surface area contributed by atoms with E-state index in [9.17, 15) is 14.9 Å². The largest absolute Gasteiger partial charge is 0.289 e. The molecule has 0 spiro atoms. The van der Waals surface area contributed by atoms with Gasteiger partial charge in [0, 0.05) is 23.4 Å². The van der Waals surface area contributed by atoms with Crippen LogP contribution in [0.5, 0.6) is 0 Å². The second-order valence-corrected chi connectivity index (χ2v) is 5.98. The fraction of sp³-hybridized carbons (Fsp3) is 0.0526. The number of benzene rings is 2. The van der Waals surface area contributed by atoms with Crippen molar-refractivity contribution < 1.29 is 9.72 Å². The standard InChI is InChI=1S/C19H14ClN3O3/c20-17-8-7-16(10-18(17)23(25)26)19(24)9-6-15-11-21-22(13-15)12-14-4-2-1-3-5-14/h1-11,13H,12H2/b9-6+. The number of carbonyl (C=O) groups is 1. The zero-order valence-electron chi connectivity index (χ0n) is 13.6.